The molecule has 0 bridgehead atoms. The molecule has 1 aromatic rings. The maximum absolute atomic E-state index is 13.3. The van der Waals surface area contributed by atoms with Gasteiger partial charge in [0.15, 0.2) is 0 Å². The number of nitrogens with one attached hydrogen (secondary N) is 1. The molecule has 28 heavy (non-hydrogen) atoms. The largest absolute Gasteiger partial charge is 0.444 e. The van der Waals surface area contributed by atoms with Crippen molar-refractivity contribution in [1.29, 1.82) is 0 Å². The summed E-state index contributed by atoms with van der Waals surface area (Å²) in [4.78, 5) is 37.7. The van der Waals surface area contributed by atoms with E-state index >= 15 is 0 Å². The van der Waals surface area contributed by atoms with Gasteiger partial charge in [0.2, 0.25) is 5.91 Å². The molecule has 3 N–H and O–H groups in total. The fraction of sp³-hybridized carbons (Fsp3) is 0.550. The van der Waals surface area contributed by atoms with Crippen LogP contribution in [-0.4, -0.2) is 41.5 Å². The summed E-state index contributed by atoms with van der Waals surface area (Å²) in [5.41, 5.74) is 4.83. The van der Waals surface area contributed by atoms with E-state index < -0.39 is 17.3 Å². The highest BCUT2D eigenvalue weighted by Gasteiger charge is 2.26. The molecule has 3 amide bonds. The first-order valence-electron chi connectivity index (χ1n) is 9.42. The molecule has 8 heteroatoms. The number of anilines is 1. The molecule has 2 rings (SSSR count). The van der Waals surface area contributed by atoms with Gasteiger partial charge >= 0.3 is 6.09 Å². The van der Waals surface area contributed by atoms with Crippen molar-refractivity contribution in [3.63, 3.8) is 0 Å². The number of ether oxygens (including phenoxy) is 1. The highest BCUT2D eigenvalue weighted by molar-refractivity contribution is 6.03. The van der Waals surface area contributed by atoms with Crippen molar-refractivity contribution in [1.82, 2.24) is 4.90 Å². The van der Waals surface area contributed by atoms with Crippen molar-refractivity contribution in [2.24, 2.45) is 11.7 Å². The Bertz CT molecular complexity index is 745. The molecular formula is C20H28FN3O4. The lowest BCUT2D eigenvalue weighted by Crippen LogP contribution is -2.37. The number of rotatable bonds is 4. The Morgan fingerprint density at radius 3 is 2.61 bits per heavy atom. The Kier molecular flexibility index (Phi) is 6.99. The second-order valence-corrected chi connectivity index (χ2v) is 8.07. The van der Waals surface area contributed by atoms with E-state index in [1.165, 1.54) is 6.07 Å². The quantitative estimate of drug-likeness (QED) is 0.819. The average molecular weight is 393 g/mol. The van der Waals surface area contributed by atoms with Crippen LogP contribution in [0.5, 0.6) is 0 Å². The van der Waals surface area contributed by atoms with E-state index in [9.17, 15) is 18.8 Å². The van der Waals surface area contributed by atoms with E-state index in [4.69, 9.17) is 10.5 Å². The van der Waals surface area contributed by atoms with E-state index in [-0.39, 0.29) is 35.6 Å². The van der Waals surface area contributed by atoms with Crippen molar-refractivity contribution >= 4 is 23.6 Å². The van der Waals surface area contributed by atoms with Crippen molar-refractivity contribution < 1.29 is 23.5 Å². The molecule has 1 aliphatic rings. The number of hydrogen-bond acceptors (Lipinski definition) is 4. The number of hydrogen-bond donors (Lipinski definition) is 2. The first kappa shape index (κ1) is 21.7. The summed E-state index contributed by atoms with van der Waals surface area (Å²) in [7, 11) is 0. The number of amides is 3. The van der Waals surface area contributed by atoms with Crippen LogP contribution in [0, 0.1) is 11.7 Å². The molecule has 1 heterocycles. The van der Waals surface area contributed by atoms with E-state index in [2.05, 4.69) is 5.32 Å². The molecule has 1 unspecified atom stereocenters. The normalized spacial score (nSPS) is 17.6. The van der Waals surface area contributed by atoms with Gasteiger partial charge in [0, 0.05) is 19.5 Å². The lowest BCUT2D eigenvalue weighted by Gasteiger charge is -2.26. The number of likely N-dealkylation sites (tertiary alicyclic amines) is 1. The van der Waals surface area contributed by atoms with Crippen LogP contribution < -0.4 is 11.1 Å². The molecule has 1 saturated heterocycles. The first-order chi connectivity index (χ1) is 13.0. The number of halogens is 1. The van der Waals surface area contributed by atoms with E-state index in [0.29, 0.717) is 19.5 Å². The van der Waals surface area contributed by atoms with Crippen LogP contribution in [-0.2, 0) is 9.53 Å². The summed E-state index contributed by atoms with van der Waals surface area (Å²) < 4.78 is 18.7. The Hall–Kier alpha value is -2.64. The molecule has 0 aliphatic carbocycles. The van der Waals surface area contributed by atoms with E-state index in [1.807, 2.05) is 20.8 Å². The monoisotopic (exact) mass is 393 g/mol. The Labute approximate surface area is 164 Å². The average Bonchev–Trinajstić information content (AvgIpc) is 2.80. The van der Waals surface area contributed by atoms with Crippen LogP contribution in [0.15, 0.2) is 18.2 Å². The smallest absolute Gasteiger partial charge is 0.410 e. The van der Waals surface area contributed by atoms with Crippen LogP contribution in [0.2, 0.25) is 0 Å². The van der Waals surface area contributed by atoms with Gasteiger partial charge in [-0.1, -0.05) is 0 Å². The van der Waals surface area contributed by atoms with Crippen LogP contribution >= 0.6 is 0 Å². The summed E-state index contributed by atoms with van der Waals surface area (Å²) in [5.74, 6) is -1.58. The van der Waals surface area contributed by atoms with Gasteiger partial charge in [-0.3, -0.25) is 9.59 Å². The van der Waals surface area contributed by atoms with Gasteiger partial charge in [-0.2, -0.15) is 0 Å². The zero-order valence-corrected chi connectivity index (χ0v) is 16.6. The lowest BCUT2D eigenvalue weighted by atomic mass is 9.96. The molecule has 0 aromatic heterocycles. The Balaban J connectivity index is 1.92. The lowest BCUT2D eigenvalue weighted by molar-refractivity contribution is -0.117. The number of nitrogens with two attached hydrogens (primary N) is 1. The van der Waals surface area contributed by atoms with Crippen LogP contribution in [0.1, 0.15) is 56.8 Å². The number of primary amides is 1. The van der Waals surface area contributed by atoms with Crippen molar-refractivity contribution in [2.75, 3.05) is 18.4 Å². The molecular weight excluding hydrogens is 365 g/mol. The predicted molar refractivity (Wildman–Crippen MR) is 103 cm³/mol. The van der Waals surface area contributed by atoms with Gasteiger partial charge < -0.3 is 20.7 Å². The van der Waals surface area contributed by atoms with Gasteiger partial charge in [0.1, 0.15) is 11.4 Å². The highest BCUT2D eigenvalue weighted by atomic mass is 19.1. The number of benzene rings is 1. The summed E-state index contributed by atoms with van der Waals surface area (Å²) in [6, 6.07) is 3.49. The molecule has 154 valence electrons. The van der Waals surface area contributed by atoms with Gasteiger partial charge in [0.25, 0.3) is 5.91 Å². The predicted octanol–water partition coefficient (Wildman–Crippen LogP) is 3.29. The third kappa shape index (κ3) is 6.51. The molecule has 0 saturated carbocycles. The highest BCUT2D eigenvalue weighted by Crippen LogP contribution is 2.24. The topological polar surface area (TPSA) is 102 Å². The zero-order valence-electron chi connectivity index (χ0n) is 16.6. The minimum absolute atomic E-state index is 0.0645. The molecule has 0 radical (unpaired) electrons. The first-order valence-corrected chi connectivity index (χ1v) is 9.42. The second kappa shape index (κ2) is 9.03. The third-order valence-electron chi connectivity index (χ3n) is 4.49. The van der Waals surface area contributed by atoms with Gasteiger partial charge in [-0.15, -0.1) is 0 Å². The maximum Gasteiger partial charge on any atom is 0.410 e. The van der Waals surface area contributed by atoms with Gasteiger partial charge in [-0.05, 0) is 64.2 Å². The molecule has 0 spiro atoms. The summed E-state index contributed by atoms with van der Waals surface area (Å²) in [5, 5.41) is 2.64. The molecule has 1 fully saturated rings. The molecule has 1 aliphatic heterocycles. The SMILES string of the molecule is CC(C)(C)OC(=O)N1CCCC(CC(=O)Nc2ccc(F)cc2C(N)=O)CC1. The maximum atomic E-state index is 13.3. The zero-order chi connectivity index (χ0) is 20.9. The summed E-state index contributed by atoms with van der Waals surface area (Å²) in [6.07, 6.45) is 2.17. The van der Waals surface area contributed by atoms with Crippen LogP contribution in [0.4, 0.5) is 14.9 Å². The van der Waals surface area contributed by atoms with Gasteiger partial charge in [-0.25, -0.2) is 9.18 Å². The van der Waals surface area contributed by atoms with Crippen molar-refractivity contribution in [3.8, 4) is 0 Å². The summed E-state index contributed by atoms with van der Waals surface area (Å²) >= 11 is 0. The van der Waals surface area contributed by atoms with Crippen LogP contribution in [0.3, 0.4) is 0 Å². The number of carbonyl (C=O) groups excluding carboxylic acids is 3. The minimum atomic E-state index is -0.808. The van der Waals surface area contributed by atoms with E-state index in [1.54, 1.807) is 4.90 Å². The van der Waals surface area contributed by atoms with Crippen molar-refractivity contribution in [3.05, 3.63) is 29.6 Å². The summed E-state index contributed by atoms with van der Waals surface area (Å²) in [6.45, 7) is 6.59. The minimum Gasteiger partial charge on any atom is -0.444 e. The van der Waals surface area contributed by atoms with Crippen molar-refractivity contribution in [2.45, 2.75) is 52.1 Å². The third-order valence-corrected chi connectivity index (χ3v) is 4.49. The molecule has 7 nitrogen and oxygen atoms in total. The van der Waals surface area contributed by atoms with Crippen LogP contribution in [0.25, 0.3) is 0 Å². The van der Waals surface area contributed by atoms with Gasteiger partial charge in [0.05, 0.1) is 11.3 Å². The number of nitrogens with zero attached hydrogens (tertiary/aromatic N) is 1. The fourth-order valence-electron chi connectivity index (χ4n) is 3.17. The Morgan fingerprint density at radius 2 is 1.96 bits per heavy atom. The second-order valence-electron chi connectivity index (χ2n) is 8.07. The molecule has 1 aromatic carbocycles. The fourth-order valence-corrected chi connectivity index (χ4v) is 3.17. The Morgan fingerprint density at radius 1 is 1.25 bits per heavy atom. The standard InChI is InChI=1S/C20H28FN3O4/c1-20(2,3)28-19(27)24-9-4-5-13(8-10-24)11-17(25)23-16-7-6-14(21)12-15(16)18(22)26/h6-7,12-13H,4-5,8-11H2,1-3H3,(H2,22,26)(H,23,25). The number of carbonyl (C=O) groups is 3. The molecule has 1 atom stereocenters. The van der Waals surface area contributed by atoms with E-state index in [0.717, 1.165) is 25.0 Å².